The Morgan fingerprint density at radius 1 is 1.00 bits per heavy atom. The van der Waals surface area contributed by atoms with Crippen molar-refractivity contribution in [2.75, 3.05) is 11.9 Å². The molecular weight excluding hydrogens is 371 g/mol. The molecule has 1 fully saturated rings. The second-order valence-corrected chi connectivity index (χ2v) is 8.27. The molecule has 0 bridgehead atoms. The van der Waals surface area contributed by atoms with E-state index < -0.39 is 18.3 Å². The highest BCUT2D eigenvalue weighted by atomic mass is 16.7. The van der Waals surface area contributed by atoms with Crippen LogP contribution in [0.4, 0.5) is 5.69 Å². The topological polar surface area (TPSA) is 93.7 Å². The zero-order valence-corrected chi connectivity index (χ0v) is 17.9. The van der Waals surface area contributed by atoms with E-state index in [1.807, 2.05) is 45.9 Å². The van der Waals surface area contributed by atoms with Crippen molar-refractivity contribution in [3.8, 4) is 0 Å². The summed E-state index contributed by atoms with van der Waals surface area (Å²) < 4.78 is 12.2. The molecule has 0 unspecified atom stereocenters. The van der Waals surface area contributed by atoms with E-state index in [4.69, 9.17) is 9.31 Å². The van der Waals surface area contributed by atoms with Crippen LogP contribution in [0.15, 0.2) is 29.7 Å². The van der Waals surface area contributed by atoms with Crippen molar-refractivity contribution in [2.45, 2.75) is 59.2 Å². The summed E-state index contributed by atoms with van der Waals surface area (Å²) in [6, 6.07) is 7.18. The van der Waals surface area contributed by atoms with Crippen molar-refractivity contribution < 1.29 is 23.7 Å². The molecular formula is C21H29BN2O5. The van der Waals surface area contributed by atoms with Gasteiger partial charge in [0.1, 0.15) is 5.78 Å². The van der Waals surface area contributed by atoms with E-state index in [1.54, 1.807) is 12.1 Å². The van der Waals surface area contributed by atoms with E-state index in [0.29, 0.717) is 12.2 Å². The number of rotatable bonds is 7. The molecule has 1 aromatic carbocycles. The van der Waals surface area contributed by atoms with Crippen molar-refractivity contribution in [1.29, 1.82) is 0 Å². The van der Waals surface area contributed by atoms with Gasteiger partial charge in [-0.1, -0.05) is 18.2 Å². The van der Waals surface area contributed by atoms with E-state index in [0.717, 1.165) is 11.0 Å². The highest BCUT2D eigenvalue weighted by molar-refractivity contribution is 6.56. The molecule has 0 aliphatic carbocycles. The molecule has 0 saturated carbocycles. The molecule has 156 valence electrons. The van der Waals surface area contributed by atoms with Gasteiger partial charge in [-0.05, 0) is 57.8 Å². The fourth-order valence-corrected chi connectivity index (χ4v) is 2.73. The lowest BCUT2D eigenvalue weighted by atomic mass is 9.77. The van der Waals surface area contributed by atoms with Gasteiger partial charge < -0.3 is 19.9 Å². The Morgan fingerprint density at radius 3 is 2.03 bits per heavy atom. The third kappa shape index (κ3) is 6.27. The highest BCUT2D eigenvalue weighted by Crippen LogP contribution is 2.38. The third-order valence-corrected chi connectivity index (χ3v) is 5.05. The first kappa shape index (κ1) is 22.8. The van der Waals surface area contributed by atoms with Crippen molar-refractivity contribution in [3.63, 3.8) is 0 Å². The number of benzene rings is 1. The first-order valence-corrected chi connectivity index (χ1v) is 9.59. The number of hydrogen-bond acceptors (Lipinski definition) is 5. The molecule has 7 nitrogen and oxygen atoms in total. The zero-order valence-electron chi connectivity index (χ0n) is 17.9. The van der Waals surface area contributed by atoms with E-state index >= 15 is 0 Å². The standard InChI is InChI=1S/C21H29BN2O5/c1-14(25)11-19(27)24-18-9-7-16(8-10-18)12-17(13-23-15(2)26)22-28-20(3,4)21(5,6)29-22/h7-10,12H,11,13H2,1-6H3,(H,23,26)(H,24,27). The summed E-state index contributed by atoms with van der Waals surface area (Å²) in [5.41, 5.74) is 1.28. The Balaban J connectivity index is 2.19. The summed E-state index contributed by atoms with van der Waals surface area (Å²) in [6.45, 7) is 11.0. The molecule has 2 N–H and O–H groups in total. The van der Waals surface area contributed by atoms with E-state index in [-0.39, 0.29) is 24.0 Å². The zero-order chi connectivity index (χ0) is 21.8. The van der Waals surface area contributed by atoms with Crippen LogP contribution >= 0.6 is 0 Å². The van der Waals surface area contributed by atoms with Crippen LogP contribution in [0.5, 0.6) is 0 Å². The second-order valence-electron chi connectivity index (χ2n) is 8.27. The second kappa shape index (κ2) is 8.92. The molecule has 0 spiro atoms. The minimum absolute atomic E-state index is 0.143. The van der Waals surface area contributed by atoms with Crippen molar-refractivity contribution in [2.24, 2.45) is 0 Å². The van der Waals surface area contributed by atoms with E-state index in [1.165, 1.54) is 13.8 Å². The maximum Gasteiger partial charge on any atom is 0.492 e. The number of carbonyl (C=O) groups excluding carboxylic acids is 3. The van der Waals surface area contributed by atoms with Crippen LogP contribution in [-0.2, 0) is 23.7 Å². The third-order valence-electron chi connectivity index (χ3n) is 5.05. The van der Waals surface area contributed by atoms with Crippen LogP contribution in [0.1, 0.15) is 53.5 Å². The van der Waals surface area contributed by atoms with Crippen LogP contribution in [0.3, 0.4) is 0 Å². The molecule has 1 aliphatic heterocycles. The quantitative estimate of drug-likeness (QED) is 0.542. The maximum absolute atomic E-state index is 11.7. The van der Waals surface area contributed by atoms with Gasteiger partial charge in [0.25, 0.3) is 0 Å². The fraction of sp³-hybridized carbons (Fsp3) is 0.476. The fourth-order valence-electron chi connectivity index (χ4n) is 2.73. The number of nitrogens with one attached hydrogen (secondary N) is 2. The average Bonchev–Trinajstić information content (AvgIpc) is 2.79. The Hall–Kier alpha value is -2.45. The van der Waals surface area contributed by atoms with E-state index in [9.17, 15) is 14.4 Å². The van der Waals surface area contributed by atoms with Crippen LogP contribution in [0.25, 0.3) is 6.08 Å². The molecule has 2 amide bonds. The lowest BCUT2D eigenvalue weighted by Gasteiger charge is -2.32. The molecule has 0 aromatic heterocycles. The smallest absolute Gasteiger partial charge is 0.400 e. The molecule has 2 rings (SSSR count). The summed E-state index contributed by atoms with van der Waals surface area (Å²) in [7, 11) is -0.582. The first-order valence-electron chi connectivity index (χ1n) is 9.59. The van der Waals surface area contributed by atoms with Crippen molar-refractivity contribution in [3.05, 3.63) is 35.3 Å². The summed E-state index contributed by atoms with van der Waals surface area (Å²) >= 11 is 0. The Labute approximate surface area is 172 Å². The molecule has 8 heteroatoms. The SMILES string of the molecule is CC(=O)CC(=O)Nc1ccc(C=C(CNC(C)=O)B2OC(C)(C)C(C)(C)O2)cc1. The molecule has 0 radical (unpaired) electrons. The minimum Gasteiger partial charge on any atom is -0.400 e. The number of ketones is 1. The van der Waals surface area contributed by atoms with Gasteiger partial charge in [0.2, 0.25) is 11.8 Å². The lowest BCUT2D eigenvalue weighted by Crippen LogP contribution is -2.41. The summed E-state index contributed by atoms with van der Waals surface area (Å²) in [5, 5.41) is 5.48. The molecule has 1 aromatic rings. The Morgan fingerprint density at radius 2 is 1.55 bits per heavy atom. The van der Waals surface area contributed by atoms with Crippen LogP contribution in [0, 0.1) is 0 Å². The number of amides is 2. The van der Waals surface area contributed by atoms with Gasteiger partial charge in [-0.25, -0.2) is 0 Å². The van der Waals surface area contributed by atoms with Gasteiger partial charge >= 0.3 is 7.12 Å². The normalized spacial score (nSPS) is 17.7. The van der Waals surface area contributed by atoms with Gasteiger partial charge in [0.05, 0.1) is 17.6 Å². The number of carbonyl (C=O) groups is 3. The highest BCUT2D eigenvalue weighted by Gasteiger charge is 2.52. The number of Topliss-reactive ketones (excluding diaryl/α,β-unsaturated/α-hetero) is 1. The number of hydrogen-bond donors (Lipinski definition) is 2. The minimum atomic E-state index is -0.582. The largest absolute Gasteiger partial charge is 0.492 e. The van der Waals surface area contributed by atoms with Crippen LogP contribution < -0.4 is 10.6 Å². The van der Waals surface area contributed by atoms with Crippen LogP contribution in [0.2, 0.25) is 0 Å². The van der Waals surface area contributed by atoms with Gasteiger partial charge in [0, 0.05) is 19.2 Å². The monoisotopic (exact) mass is 400 g/mol. The molecule has 1 aliphatic rings. The Kier molecular flexibility index (Phi) is 7.03. The van der Waals surface area contributed by atoms with Crippen molar-refractivity contribution >= 4 is 36.5 Å². The molecule has 29 heavy (non-hydrogen) atoms. The number of anilines is 1. The van der Waals surface area contributed by atoms with Gasteiger partial charge in [0.15, 0.2) is 0 Å². The van der Waals surface area contributed by atoms with Crippen LogP contribution in [-0.4, -0.2) is 42.5 Å². The summed E-state index contributed by atoms with van der Waals surface area (Å²) in [4.78, 5) is 34.1. The maximum atomic E-state index is 11.7. The first-order chi connectivity index (χ1) is 13.4. The summed E-state index contributed by atoms with van der Waals surface area (Å²) in [6.07, 6.45) is 1.75. The molecule has 1 heterocycles. The van der Waals surface area contributed by atoms with Crippen molar-refractivity contribution in [1.82, 2.24) is 5.32 Å². The molecule has 1 saturated heterocycles. The summed E-state index contributed by atoms with van der Waals surface area (Å²) in [5.74, 6) is -0.674. The lowest BCUT2D eigenvalue weighted by molar-refractivity contribution is -0.124. The van der Waals surface area contributed by atoms with Gasteiger partial charge in [-0.2, -0.15) is 0 Å². The molecule has 0 atom stereocenters. The Bertz CT molecular complexity index is 799. The van der Waals surface area contributed by atoms with E-state index in [2.05, 4.69) is 10.6 Å². The average molecular weight is 400 g/mol. The predicted octanol–water partition coefficient (Wildman–Crippen LogP) is 2.76. The predicted molar refractivity (Wildman–Crippen MR) is 113 cm³/mol. The van der Waals surface area contributed by atoms with Gasteiger partial charge in [-0.15, -0.1) is 0 Å². The van der Waals surface area contributed by atoms with Gasteiger partial charge in [-0.3, -0.25) is 14.4 Å².